The van der Waals surface area contributed by atoms with Crippen molar-refractivity contribution in [1.29, 1.82) is 0 Å². The first-order valence-corrected chi connectivity index (χ1v) is 5.79. The average molecular weight is 218 g/mol. The maximum atomic E-state index is 5.57. The van der Waals surface area contributed by atoms with Crippen LogP contribution >= 0.6 is 11.8 Å². The minimum atomic E-state index is 0.696. The van der Waals surface area contributed by atoms with Crippen LogP contribution in [0.1, 0.15) is 0 Å². The molecule has 0 radical (unpaired) electrons. The third-order valence-corrected chi connectivity index (χ3v) is 2.52. The zero-order valence-electron chi connectivity index (χ0n) is 8.77. The lowest BCUT2D eigenvalue weighted by Crippen LogP contribution is -1.90. The minimum absolute atomic E-state index is 0.696. The van der Waals surface area contributed by atoms with Crippen LogP contribution in [0.25, 0.3) is 0 Å². The van der Waals surface area contributed by atoms with Crippen molar-refractivity contribution >= 4 is 11.8 Å². The fourth-order valence-corrected chi connectivity index (χ4v) is 1.45. The van der Waals surface area contributed by atoms with Gasteiger partial charge in [0.1, 0.15) is 11.5 Å². The maximum absolute atomic E-state index is 5.57. The van der Waals surface area contributed by atoms with Crippen molar-refractivity contribution in [3.8, 4) is 5.75 Å². The van der Waals surface area contributed by atoms with E-state index in [1.165, 1.54) is 4.90 Å². The van der Waals surface area contributed by atoms with E-state index in [-0.39, 0.29) is 0 Å². The highest BCUT2D eigenvalue weighted by atomic mass is 32.2. The molecule has 1 rings (SSSR count). The van der Waals surface area contributed by atoms with Gasteiger partial charge in [0.15, 0.2) is 0 Å². The van der Waals surface area contributed by atoms with E-state index < -0.39 is 0 Å². The summed E-state index contributed by atoms with van der Waals surface area (Å²) in [5, 5.41) is 0. The monoisotopic (exact) mass is 218 g/mol. The Balaban J connectivity index is 2.75. The molecule has 0 fully saturated rings. The third kappa shape index (κ3) is 3.68. The molecule has 1 aromatic rings. The molecular formula is C13H14OS. The first-order chi connectivity index (χ1) is 7.30. The molecule has 0 aliphatic heterocycles. The molecular weight excluding hydrogens is 204 g/mol. The summed E-state index contributed by atoms with van der Waals surface area (Å²) in [6.45, 7) is 7.27. The molecule has 0 saturated carbocycles. The van der Waals surface area contributed by atoms with E-state index in [9.17, 15) is 0 Å². The summed E-state index contributed by atoms with van der Waals surface area (Å²) < 4.78 is 5.57. The Bertz CT molecular complexity index is 363. The Kier molecular flexibility index (Phi) is 4.78. The zero-order valence-corrected chi connectivity index (χ0v) is 9.59. The number of hydrogen-bond donors (Lipinski definition) is 0. The molecule has 1 aromatic carbocycles. The van der Waals surface area contributed by atoms with Crippen LogP contribution in [0.5, 0.6) is 5.75 Å². The highest BCUT2D eigenvalue weighted by Gasteiger charge is 1.96. The van der Waals surface area contributed by atoms with E-state index in [1.54, 1.807) is 30.0 Å². The van der Waals surface area contributed by atoms with E-state index in [2.05, 4.69) is 13.2 Å². The minimum Gasteiger partial charge on any atom is -0.457 e. The van der Waals surface area contributed by atoms with Crippen LogP contribution in [-0.4, -0.2) is 6.26 Å². The molecule has 0 bridgehead atoms. The average Bonchev–Trinajstić information content (AvgIpc) is 2.29. The second-order valence-corrected chi connectivity index (χ2v) is 3.67. The molecule has 0 amide bonds. The van der Waals surface area contributed by atoms with Gasteiger partial charge >= 0.3 is 0 Å². The quantitative estimate of drug-likeness (QED) is 0.419. The lowest BCUT2D eigenvalue weighted by atomic mass is 10.3. The Morgan fingerprint density at radius 3 is 2.40 bits per heavy atom. The Hall–Kier alpha value is -1.41. The Morgan fingerprint density at radius 1 is 1.27 bits per heavy atom. The topological polar surface area (TPSA) is 9.23 Å². The Morgan fingerprint density at radius 2 is 1.93 bits per heavy atom. The molecule has 0 saturated heterocycles. The van der Waals surface area contributed by atoms with E-state index in [0.29, 0.717) is 5.76 Å². The summed E-state index contributed by atoms with van der Waals surface area (Å²) >= 11 is 1.71. The number of allylic oxidation sites excluding steroid dienone is 3. The van der Waals surface area contributed by atoms with Gasteiger partial charge in [0.05, 0.1) is 0 Å². The van der Waals surface area contributed by atoms with Gasteiger partial charge in [-0.2, -0.15) is 0 Å². The van der Waals surface area contributed by atoms with Crippen LogP contribution in [0.3, 0.4) is 0 Å². The summed E-state index contributed by atoms with van der Waals surface area (Å²) in [5.41, 5.74) is 0. The molecule has 0 spiro atoms. The second kappa shape index (κ2) is 6.14. The third-order valence-electron chi connectivity index (χ3n) is 1.78. The van der Waals surface area contributed by atoms with Crippen molar-refractivity contribution in [3.63, 3.8) is 0 Å². The first-order valence-electron chi connectivity index (χ1n) is 4.57. The van der Waals surface area contributed by atoms with Crippen molar-refractivity contribution in [1.82, 2.24) is 0 Å². The molecule has 15 heavy (non-hydrogen) atoms. The number of thioether (sulfide) groups is 1. The van der Waals surface area contributed by atoms with E-state index >= 15 is 0 Å². The first kappa shape index (κ1) is 11.7. The number of ether oxygens (including phenoxy) is 1. The smallest absolute Gasteiger partial charge is 0.127 e. The summed E-state index contributed by atoms with van der Waals surface area (Å²) in [6.07, 6.45) is 7.15. The molecule has 1 nitrogen and oxygen atoms in total. The van der Waals surface area contributed by atoms with Crippen molar-refractivity contribution in [3.05, 3.63) is 61.4 Å². The summed E-state index contributed by atoms with van der Waals surface area (Å²) in [6, 6.07) is 7.92. The molecule has 0 atom stereocenters. The van der Waals surface area contributed by atoms with Crippen molar-refractivity contribution < 1.29 is 4.74 Å². The summed E-state index contributed by atoms with van der Waals surface area (Å²) in [4.78, 5) is 1.22. The molecule has 0 aliphatic carbocycles. The van der Waals surface area contributed by atoms with Crippen molar-refractivity contribution in [2.24, 2.45) is 0 Å². The van der Waals surface area contributed by atoms with Crippen LogP contribution in [0, 0.1) is 0 Å². The van der Waals surface area contributed by atoms with Crippen LogP contribution in [0.4, 0.5) is 0 Å². The highest BCUT2D eigenvalue weighted by Crippen LogP contribution is 2.20. The van der Waals surface area contributed by atoms with Gasteiger partial charge in [0.2, 0.25) is 0 Å². The standard InChI is InChI=1S/C13H14OS/c1-4-6-11(5-2)14-12-7-9-13(15-3)10-8-12/h4-10H,1-2H2,3H3/b11-6+. The van der Waals surface area contributed by atoms with E-state index in [4.69, 9.17) is 4.74 Å². The molecule has 0 N–H and O–H groups in total. The Labute approximate surface area is 95.2 Å². The van der Waals surface area contributed by atoms with Crippen molar-refractivity contribution in [2.45, 2.75) is 4.90 Å². The van der Waals surface area contributed by atoms with E-state index in [0.717, 1.165) is 5.75 Å². The number of benzene rings is 1. The summed E-state index contributed by atoms with van der Waals surface area (Å²) in [7, 11) is 0. The van der Waals surface area contributed by atoms with Gasteiger partial charge in [-0.25, -0.2) is 0 Å². The van der Waals surface area contributed by atoms with Crippen LogP contribution < -0.4 is 4.74 Å². The van der Waals surface area contributed by atoms with Gasteiger partial charge in [-0.05, 0) is 42.7 Å². The van der Waals surface area contributed by atoms with Crippen molar-refractivity contribution in [2.75, 3.05) is 6.26 Å². The molecule has 0 aliphatic rings. The predicted octanol–water partition coefficient (Wildman–Crippen LogP) is 4.04. The second-order valence-electron chi connectivity index (χ2n) is 2.79. The predicted molar refractivity (Wildman–Crippen MR) is 67.3 cm³/mol. The zero-order chi connectivity index (χ0) is 11.1. The van der Waals surface area contributed by atoms with Gasteiger partial charge < -0.3 is 4.74 Å². The van der Waals surface area contributed by atoms with E-state index in [1.807, 2.05) is 30.5 Å². The molecule has 0 aromatic heterocycles. The lowest BCUT2D eigenvalue weighted by Gasteiger charge is -2.05. The van der Waals surface area contributed by atoms with Crippen LogP contribution in [0.2, 0.25) is 0 Å². The number of rotatable bonds is 5. The van der Waals surface area contributed by atoms with Gasteiger partial charge in [-0.15, -0.1) is 11.8 Å². The van der Waals surface area contributed by atoms with Gasteiger partial charge in [-0.3, -0.25) is 0 Å². The highest BCUT2D eigenvalue weighted by molar-refractivity contribution is 7.98. The molecule has 0 heterocycles. The largest absolute Gasteiger partial charge is 0.457 e. The van der Waals surface area contributed by atoms with Crippen LogP contribution in [-0.2, 0) is 0 Å². The molecule has 0 unspecified atom stereocenters. The van der Waals surface area contributed by atoms with Crippen LogP contribution in [0.15, 0.2) is 66.3 Å². The van der Waals surface area contributed by atoms with Gasteiger partial charge in [0.25, 0.3) is 0 Å². The number of hydrogen-bond acceptors (Lipinski definition) is 2. The maximum Gasteiger partial charge on any atom is 0.127 e. The lowest BCUT2D eigenvalue weighted by molar-refractivity contribution is 0.444. The molecule has 78 valence electrons. The normalized spacial score (nSPS) is 10.9. The fraction of sp³-hybridized carbons (Fsp3) is 0.0769. The molecule has 2 heteroatoms. The fourth-order valence-electron chi connectivity index (χ4n) is 1.04. The SMILES string of the molecule is C=C/C=C(\C=C)Oc1ccc(SC)cc1. The van der Waals surface area contributed by atoms with Gasteiger partial charge in [-0.1, -0.05) is 19.2 Å². The summed E-state index contributed by atoms with van der Waals surface area (Å²) in [5.74, 6) is 1.50. The van der Waals surface area contributed by atoms with Gasteiger partial charge in [0, 0.05) is 4.90 Å².